The van der Waals surface area contributed by atoms with Gasteiger partial charge in [0, 0.05) is 18.2 Å². The molecule has 1 aromatic rings. The van der Waals surface area contributed by atoms with Gasteiger partial charge >= 0.3 is 0 Å². The summed E-state index contributed by atoms with van der Waals surface area (Å²) in [6.45, 7) is 4.40. The normalized spacial score (nSPS) is 14.7. The van der Waals surface area contributed by atoms with E-state index in [1.54, 1.807) is 14.0 Å². The Bertz CT molecular complexity index is 299. The van der Waals surface area contributed by atoms with Crippen molar-refractivity contribution in [2.75, 3.05) is 13.7 Å². The zero-order valence-electron chi connectivity index (χ0n) is 9.53. The van der Waals surface area contributed by atoms with Gasteiger partial charge in [0.15, 0.2) is 0 Å². The molecule has 3 nitrogen and oxygen atoms in total. The van der Waals surface area contributed by atoms with Crippen molar-refractivity contribution < 1.29 is 9.84 Å². The molecule has 2 atom stereocenters. The summed E-state index contributed by atoms with van der Waals surface area (Å²) in [5, 5.41) is 12.4. The Labute approximate surface area is 91.1 Å². The molecule has 15 heavy (non-hydrogen) atoms. The predicted octanol–water partition coefficient (Wildman–Crippen LogP) is 1.73. The van der Waals surface area contributed by atoms with E-state index < -0.39 is 0 Å². The van der Waals surface area contributed by atoms with Crippen LogP contribution in [0, 0.1) is 0 Å². The van der Waals surface area contributed by atoms with Gasteiger partial charge in [0.2, 0.25) is 0 Å². The molecule has 0 amide bonds. The van der Waals surface area contributed by atoms with E-state index in [1.807, 2.05) is 24.3 Å². The number of hydrogen-bond donors (Lipinski definition) is 2. The molecule has 0 bridgehead atoms. The number of benzene rings is 1. The summed E-state index contributed by atoms with van der Waals surface area (Å²) in [6, 6.07) is 8.08. The van der Waals surface area contributed by atoms with Crippen LogP contribution < -0.4 is 10.1 Å². The van der Waals surface area contributed by atoms with Gasteiger partial charge in [-0.3, -0.25) is 0 Å². The largest absolute Gasteiger partial charge is 0.496 e. The summed E-state index contributed by atoms with van der Waals surface area (Å²) < 4.78 is 5.27. The standard InChI is InChI=1S/C12H19NO2/c1-9(14)8-13-10(2)11-6-4-5-7-12(11)15-3/h4-7,9-10,13-14H,8H2,1-3H3/t9-,10-/m0/s1. The lowest BCUT2D eigenvalue weighted by atomic mass is 10.1. The van der Waals surface area contributed by atoms with Gasteiger partial charge in [-0.15, -0.1) is 0 Å². The molecule has 0 fully saturated rings. The minimum absolute atomic E-state index is 0.177. The molecule has 1 aromatic carbocycles. The van der Waals surface area contributed by atoms with E-state index in [-0.39, 0.29) is 12.1 Å². The average molecular weight is 209 g/mol. The molecule has 1 rings (SSSR count). The van der Waals surface area contributed by atoms with Crippen molar-refractivity contribution in [2.45, 2.75) is 26.0 Å². The van der Waals surface area contributed by atoms with Crippen molar-refractivity contribution in [2.24, 2.45) is 0 Å². The molecule has 0 spiro atoms. The minimum Gasteiger partial charge on any atom is -0.496 e. The third kappa shape index (κ3) is 3.53. The lowest BCUT2D eigenvalue weighted by Gasteiger charge is -2.17. The third-order valence-electron chi connectivity index (χ3n) is 2.32. The Hall–Kier alpha value is -1.06. The van der Waals surface area contributed by atoms with Crippen LogP contribution in [-0.4, -0.2) is 24.9 Å². The van der Waals surface area contributed by atoms with Gasteiger partial charge in [-0.25, -0.2) is 0 Å². The highest BCUT2D eigenvalue weighted by Gasteiger charge is 2.10. The Morgan fingerprint density at radius 2 is 2.00 bits per heavy atom. The van der Waals surface area contributed by atoms with E-state index in [0.717, 1.165) is 11.3 Å². The first-order valence-electron chi connectivity index (χ1n) is 5.19. The molecule has 2 N–H and O–H groups in total. The first-order valence-corrected chi connectivity index (χ1v) is 5.19. The molecule has 0 saturated carbocycles. The highest BCUT2D eigenvalue weighted by Crippen LogP contribution is 2.23. The van der Waals surface area contributed by atoms with Crippen LogP contribution in [0.25, 0.3) is 0 Å². The zero-order valence-corrected chi connectivity index (χ0v) is 9.53. The van der Waals surface area contributed by atoms with Crippen molar-refractivity contribution in [1.29, 1.82) is 0 Å². The smallest absolute Gasteiger partial charge is 0.123 e. The maximum absolute atomic E-state index is 9.18. The lowest BCUT2D eigenvalue weighted by molar-refractivity contribution is 0.187. The van der Waals surface area contributed by atoms with E-state index >= 15 is 0 Å². The number of aliphatic hydroxyl groups excluding tert-OH is 1. The van der Waals surface area contributed by atoms with Crippen LogP contribution in [0.5, 0.6) is 5.75 Å². The van der Waals surface area contributed by atoms with E-state index in [2.05, 4.69) is 12.2 Å². The van der Waals surface area contributed by atoms with Gasteiger partial charge in [-0.2, -0.15) is 0 Å². The molecule has 3 heteroatoms. The summed E-state index contributed by atoms with van der Waals surface area (Å²) in [4.78, 5) is 0. The van der Waals surface area contributed by atoms with Crippen molar-refractivity contribution in [3.63, 3.8) is 0 Å². The van der Waals surface area contributed by atoms with Crippen LogP contribution in [0.4, 0.5) is 0 Å². The monoisotopic (exact) mass is 209 g/mol. The van der Waals surface area contributed by atoms with Gasteiger partial charge in [0.25, 0.3) is 0 Å². The maximum Gasteiger partial charge on any atom is 0.123 e. The number of para-hydroxylation sites is 1. The SMILES string of the molecule is COc1ccccc1[C@H](C)NC[C@H](C)O. The Morgan fingerprint density at radius 3 is 2.60 bits per heavy atom. The molecule has 0 aliphatic carbocycles. The van der Waals surface area contributed by atoms with Crippen LogP contribution in [0.3, 0.4) is 0 Å². The number of rotatable bonds is 5. The molecule has 0 aliphatic rings. The summed E-state index contributed by atoms with van der Waals surface area (Å²) in [6.07, 6.45) is -0.331. The second-order valence-electron chi connectivity index (χ2n) is 3.72. The highest BCUT2D eigenvalue weighted by atomic mass is 16.5. The molecule has 0 unspecified atom stereocenters. The fourth-order valence-electron chi connectivity index (χ4n) is 1.48. The topological polar surface area (TPSA) is 41.5 Å². The lowest BCUT2D eigenvalue weighted by Crippen LogP contribution is -2.27. The summed E-state index contributed by atoms with van der Waals surface area (Å²) >= 11 is 0. The molecular formula is C12H19NO2. The first-order chi connectivity index (χ1) is 7.15. The van der Waals surface area contributed by atoms with E-state index in [9.17, 15) is 5.11 Å². The maximum atomic E-state index is 9.18. The van der Waals surface area contributed by atoms with Gasteiger partial charge in [-0.05, 0) is 19.9 Å². The summed E-state index contributed by atoms with van der Waals surface area (Å²) in [7, 11) is 1.67. The zero-order chi connectivity index (χ0) is 11.3. The Morgan fingerprint density at radius 1 is 1.33 bits per heavy atom. The van der Waals surface area contributed by atoms with Crippen molar-refractivity contribution in [1.82, 2.24) is 5.32 Å². The van der Waals surface area contributed by atoms with Crippen LogP contribution in [-0.2, 0) is 0 Å². The van der Waals surface area contributed by atoms with Crippen LogP contribution in [0.2, 0.25) is 0 Å². The molecule has 84 valence electrons. The molecule has 0 aromatic heterocycles. The number of ether oxygens (including phenoxy) is 1. The van der Waals surface area contributed by atoms with Crippen molar-refractivity contribution in [3.05, 3.63) is 29.8 Å². The average Bonchev–Trinajstić information content (AvgIpc) is 2.25. The minimum atomic E-state index is -0.331. The van der Waals surface area contributed by atoms with E-state index in [1.165, 1.54) is 0 Å². The number of methoxy groups -OCH3 is 1. The fraction of sp³-hybridized carbons (Fsp3) is 0.500. The number of nitrogens with one attached hydrogen (secondary N) is 1. The number of hydrogen-bond acceptors (Lipinski definition) is 3. The van der Waals surface area contributed by atoms with E-state index in [0.29, 0.717) is 6.54 Å². The summed E-state index contributed by atoms with van der Waals surface area (Å²) in [5.41, 5.74) is 1.11. The van der Waals surface area contributed by atoms with Gasteiger partial charge < -0.3 is 15.2 Å². The second-order valence-corrected chi connectivity index (χ2v) is 3.72. The number of aliphatic hydroxyl groups is 1. The van der Waals surface area contributed by atoms with E-state index in [4.69, 9.17) is 4.74 Å². The van der Waals surface area contributed by atoms with Crippen LogP contribution in [0.1, 0.15) is 25.5 Å². The first kappa shape index (κ1) is 12.0. The molecule has 0 saturated heterocycles. The predicted molar refractivity (Wildman–Crippen MR) is 61.1 cm³/mol. The molecular weight excluding hydrogens is 190 g/mol. The fourth-order valence-corrected chi connectivity index (χ4v) is 1.48. The Balaban J connectivity index is 2.68. The quantitative estimate of drug-likeness (QED) is 0.776. The highest BCUT2D eigenvalue weighted by molar-refractivity contribution is 5.35. The van der Waals surface area contributed by atoms with Gasteiger partial charge in [0.1, 0.15) is 5.75 Å². The van der Waals surface area contributed by atoms with Gasteiger partial charge in [-0.1, -0.05) is 18.2 Å². The van der Waals surface area contributed by atoms with Crippen molar-refractivity contribution >= 4 is 0 Å². The van der Waals surface area contributed by atoms with Crippen LogP contribution in [0.15, 0.2) is 24.3 Å². The third-order valence-corrected chi connectivity index (χ3v) is 2.32. The van der Waals surface area contributed by atoms with Crippen LogP contribution >= 0.6 is 0 Å². The molecule has 0 heterocycles. The molecule has 0 radical (unpaired) electrons. The van der Waals surface area contributed by atoms with Gasteiger partial charge in [0.05, 0.1) is 13.2 Å². The summed E-state index contributed by atoms with van der Waals surface area (Å²) in [5.74, 6) is 0.878. The molecule has 0 aliphatic heterocycles. The second kappa shape index (κ2) is 5.73. The Kier molecular flexibility index (Phi) is 4.59. The van der Waals surface area contributed by atoms with Crippen molar-refractivity contribution in [3.8, 4) is 5.75 Å².